The third-order valence-electron chi connectivity index (χ3n) is 4.36. The van der Waals surface area contributed by atoms with Gasteiger partial charge in [0, 0.05) is 33.3 Å². The molecule has 25 heavy (non-hydrogen) atoms. The zero-order chi connectivity index (χ0) is 17.9. The Morgan fingerprint density at radius 3 is 1.96 bits per heavy atom. The summed E-state index contributed by atoms with van der Waals surface area (Å²) in [6.45, 7) is 0.863. The highest BCUT2D eigenvalue weighted by molar-refractivity contribution is 9.10. The highest BCUT2D eigenvalue weighted by atomic mass is 79.9. The predicted molar refractivity (Wildman–Crippen MR) is 108 cm³/mol. The first-order valence-corrected chi connectivity index (χ1v) is 9.03. The van der Waals surface area contributed by atoms with E-state index >= 15 is 0 Å². The number of rotatable bonds is 5. The summed E-state index contributed by atoms with van der Waals surface area (Å²) in [5.41, 5.74) is 3.90. The molecule has 0 fully saturated rings. The maximum absolute atomic E-state index is 12.5. The molecular weight excluding hydrogens is 374 g/mol. The Bertz CT molecular complexity index is 853. The SMILES string of the molecule is C[N+](C)(Cc1ccc(C(=O)c2ccccc2)cc1)c1ccc(Br)cc1. The van der Waals surface area contributed by atoms with E-state index in [1.807, 2.05) is 42.5 Å². The zero-order valence-electron chi connectivity index (χ0n) is 14.4. The number of nitrogens with zero attached hydrogens (tertiary/aromatic N) is 1. The lowest BCUT2D eigenvalue weighted by atomic mass is 10.0. The Balaban J connectivity index is 1.76. The molecule has 0 N–H and O–H groups in total. The van der Waals surface area contributed by atoms with Gasteiger partial charge < -0.3 is 0 Å². The van der Waals surface area contributed by atoms with E-state index in [0.29, 0.717) is 0 Å². The van der Waals surface area contributed by atoms with Gasteiger partial charge in [0.15, 0.2) is 5.78 Å². The minimum atomic E-state index is 0.0637. The number of benzene rings is 3. The number of carbonyl (C=O) groups excluding carboxylic acids is 1. The van der Waals surface area contributed by atoms with Crippen molar-refractivity contribution in [2.45, 2.75) is 6.54 Å². The van der Waals surface area contributed by atoms with Crippen molar-refractivity contribution < 1.29 is 4.79 Å². The molecule has 0 saturated heterocycles. The smallest absolute Gasteiger partial charge is 0.193 e. The number of quaternary nitrogens is 1. The summed E-state index contributed by atoms with van der Waals surface area (Å²) < 4.78 is 1.83. The molecule has 0 amide bonds. The van der Waals surface area contributed by atoms with Gasteiger partial charge in [0.1, 0.15) is 12.2 Å². The molecule has 3 aromatic rings. The normalized spacial score (nSPS) is 11.3. The summed E-state index contributed by atoms with van der Waals surface area (Å²) in [7, 11) is 4.37. The van der Waals surface area contributed by atoms with Gasteiger partial charge in [-0.1, -0.05) is 70.5 Å². The largest absolute Gasteiger partial charge is 0.292 e. The maximum atomic E-state index is 12.5. The van der Waals surface area contributed by atoms with Crippen molar-refractivity contribution in [2.75, 3.05) is 14.1 Å². The highest BCUT2D eigenvalue weighted by Gasteiger charge is 2.19. The van der Waals surface area contributed by atoms with Crippen molar-refractivity contribution in [3.05, 3.63) is 100 Å². The molecular formula is C22H21BrNO+. The molecule has 0 saturated carbocycles. The van der Waals surface area contributed by atoms with Crippen LogP contribution in [0.4, 0.5) is 5.69 Å². The maximum Gasteiger partial charge on any atom is 0.193 e. The molecule has 0 heterocycles. The molecule has 0 aliphatic rings. The van der Waals surface area contributed by atoms with Crippen LogP contribution in [0.5, 0.6) is 0 Å². The fraction of sp³-hybridized carbons (Fsp3) is 0.136. The molecule has 0 radical (unpaired) electrons. The van der Waals surface area contributed by atoms with Gasteiger partial charge in [0.2, 0.25) is 0 Å². The minimum absolute atomic E-state index is 0.0637. The van der Waals surface area contributed by atoms with Crippen molar-refractivity contribution in [3.63, 3.8) is 0 Å². The second-order valence-electron chi connectivity index (χ2n) is 6.71. The first-order valence-electron chi connectivity index (χ1n) is 8.23. The molecule has 126 valence electrons. The van der Waals surface area contributed by atoms with E-state index in [4.69, 9.17) is 0 Å². The number of hydrogen-bond acceptors (Lipinski definition) is 1. The molecule has 0 aliphatic carbocycles. The summed E-state index contributed by atoms with van der Waals surface area (Å²) in [5, 5.41) is 0. The van der Waals surface area contributed by atoms with E-state index in [1.54, 1.807) is 0 Å². The van der Waals surface area contributed by atoms with E-state index in [0.717, 1.165) is 26.6 Å². The number of ketones is 1. The van der Waals surface area contributed by atoms with Crippen LogP contribution in [-0.4, -0.2) is 19.9 Å². The Morgan fingerprint density at radius 1 is 0.800 bits per heavy atom. The van der Waals surface area contributed by atoms with Gasteiger partial charge in [-0.25, -0.2) is 0 Å². The standard InChI is InChI=1S/C22H21BrNO/c1-24(2,21-14-12-20(23)13-15-21)16-17-8-10-19(11-9-17)22(25)18-6-4-3-5-7-18/h3-15H,16H2,1-2H3/q+1. The molecule has 0 spiro atoms. The molecule has 3 aromatic carbocycles. The van der Waals surface area contributed by atoms with Crippen LogP contribution in [0.2, 0.25) is 0 Å². The quantitative estimate of drug-likeness (QED) is 0.415. The van der Waals surface area contributed by atoms with Gasteiger partial charge in [-0.3, -0.25) is 9.28 Å². The Labute approximate surface area is 157 Å². The Kier molecular flexibility index (Phi) is 5.16. The third-order valence-corrected chi connectivity index (χ3v) is 4.88. The van der Waals surface area contributed by atoms with Gasteiger partial charge in [0.25, 0.3) is 0 Å². The molecule has 0 atom stereocenters. The average molecular weight is 395 g/mol. The van der Waals surface area contributed by atoms with Crippen LogP contribution in [-0.2, 0) is 6.54 Å². The molecule has 3 rings (SSSR count). The predicted octanol–water partition coefficient (Wildman–Crippen LogP) is 5.45. The van der Waals surface area contributed by atoms with Crippen molar-refractivity contribution in [1.29, 1.82) is 0 Å². The van der Waals surface area contributed by atoms with Crippen molar-refractivity contribution in [1.82, 2.24) is 4.48 Å². The van der Waals surface area contributed by atoms with Crippen LogP contribution >= 0.6 is 15.9 Å². The van der Waals surface area contributed by atoms with Gasteiger partial charge >= 0.3 is 0 Å². The highest BCUT2D eigenvalue weighted by Crippen LogP contribution is 2.24. The summed E-state index contributed by atoms with van der Waals surface area (Å²) in [4.78, 5) is 12.5. The molecule has 0 bridgehead atoms. The Hall–Kier alpha value is -2.23. The first kappa shape index (κ1) is 17.6. The summed E-state index contributed by atoms with van der Waals surface area (Å²) >= 11 is 3.48. The third kappa shape index (κ3) is 4.25. The van der Waals surface area contributed by atoms with Gasteiger partial charge in [-0.05, 0) is 12.1 Å². The van der Waals surface area contributed by atoms with Gasteiger partial charge in [-0.15, -0.1) is 0 Å². The van der Waals surface area contributed by atoms with E-state index in [2.05, 4.69) is 66.4 Å². The van der Waals surface area contributed by atoms with Crippen LogP contribution in [0, 0.1) is 0 Å². The lowest BCUT2D eigenvalue weighted by Crippen LogP contribution is -2.39. The molecule has 2 nitrogen and oxygen atoms in total. The van der Waals surface area contributed by atoms with E-state index in [1.165, 1.54) is 11.3 Å². The van der Waals surface area contributed by atoms with Crippen LogP contribution < -0.4 is 4.48 Å². The number of halogens is 1. The lowest BCUT2D eigenvalue weighted by molar-refractivity contribution is 0.103. The zero-order valence-corrected chi connectivity index (χ0v) is 16.0. The number of carbonyl (C=O) groups is 1. The summed E-state index contributed by atoms with van der Waals surface area (Å²) in [6.07, 6.45) is 0. The topological polar surface area (TPSA) is 17.1 Å². The van der Waals surface area contributed by atoms with Gasteiger partial charge in [0.05, 0.1) is 14.1 Å². The summed E-state index contributed by atoms with van der Waals surface area (Å²) in [6, 6.07) is 25.8. The second kappa shape index (κ2) is 7.34. The van der Waals surface area contributed by atoms with E-state index in [9.17, 15) is 4.79 Å². The van der Waals surface area contributed by atoms with Crippen LogP contribution in [0.1, 0.15) is 21.5 Å². The second-order valence-corrected chi connectivity index (χ2v) is 7.63. The van der Waals surface area contributed by atoms with E-state index in [-0.39, 0.29) is 5.78 Å². The molecule has 0 aromatic heterocycles. The van der Waals surface area contributed by atoms with Crippen LogP contribution in [0.25, 0.3) is 0 Å². The van der Waals surface area contributed by atoms with E-state index < -0.39 is 0 Å². The molecule has 3 heteroatoms. The van der Waals surface area contributed by atoms with Crippen molar-refractivity contribution in [3.8, 4) is 0 Å². The average Bonchev–Trinajstić information content (AvgIpc) is 2.62. The minimum Gasteiger partial charge on any atom is -0.292 e. The van der Waals surface area contributed by atoms with Gasteiger partial charge in [-0.2, -0.15) is 0 Å². The fourth-order valence-corrected chi connectivity index (χ4v) is 3.17. The molecule has 0 unspecified atom stereocenters. The fourth-order valence-electron chi connectivity index (χ4n) is 2.91. The monoisotopic (exact) mass is 394 g/mol. The van der Waals surface area contributed by atoms with Crippen molar-refractivity contribution in [2.24, 2.45) is 0 Å². The molecule has 0 aliphatic heterocycles. The lowest BCUT2D eigenvalue weighted by Gasteiger charge is -2.29. The summed E-state index contributed by atoms with van der Waals surface area (Å²) in [5.74, 6) is 0.0637. The van der Waals surface area contributed by atoms with Crippen LogP contribution in [0.3, 0.4) is 0 Å². The first-order chi connectivity index (χ1) is 12.0. The van der Waals surface area contributed by atoms with Crippen molar-refractivity contribution >= 4 is 27.4 Å². The van der Waals surface area contributed by atoms with Crippen LogP contribution in [0.15, 0.2) is 83.3 Å². The number of hydrogen-bond donors (Lipinski definition) is 0. The Morgan fingerprint density at radius 2 is 1.36 bits per heavy atom.